The number of aromatic nitrogens is 1. The molecule has 1 amide bonds. The van der Waals surface area contributed by atoms with Crippen molar-refractivity contribution in [2.45, 2.75) is 13.0 Å². The molecule has 7 heteroatoms. The third-order valence-corrected chi connectivity index (χ3v) is 2.99. The summed E-state index contributed by atoms with van der Waals surface area (Å²) in [5, 5.41) is 6.82. The zero-order valence-electron chi connectivity index (χ0n) is 11.4. The average Bonchev–Trinajstić information content (AvgIpc) is 2.96. The van der Waals surface area contributed by atoms with Gasteiger partial charge in [0.2, 0.25) is 5.76 Å². The third kappa shape index (κ3) is 3.61. The van der Waals surface area contributed by atoms with Crippen LogP contribution in [0.4, 0.5) is 0 Å². The standard InChI is InChI=1S/C14H13ClN2O4/c1-8(14(19)20-2)16-13(18)12-7-11(17-21-12)9-4-3-5-10(15)6-9/h3-8H,1-2H3,(H,16,18)/t8-/m1/s1. The fourth-order valence-electron chi connectivity index (χ4n) is 1.67. The van der Waals surface area contributed by atoms with Gasteiger partial charge >= 0.3 is 5.97 Å². The largest absolute Gasteiger partial charge is 0.467 e. The van der Waals surface area contributed by atoms with E-state index in [0.717, 1.165) is 5.56 Å². The Kier molecular flexibility index (Phi) is 4.59. The van der Waals surface area contributed by atoms with Gasteiger partial charge < -0.3 is 14.6 Å². The van der Waals surface area contributed by atoms with E-state index in [2.05, 4.69) is 15.2 Å². The number of hydrogen-bond donors (Lipinski definition) is 1. The summed E-state index contributed by atoms with van der Waals surface area (Å²) in [6, 6.07) is 7.70. The van der Waals surface area contributed by atoms with Gasteiger partial charge in [-0.2, -0.15) is 0 Å². The normalized spacial score (nSPS) is 11.8. The Balaban J connectivity index is 2.13. The Morgan fingerprint density at radius 3 is 2.81 bits per heavy atom. The molecular weight excluding hydrogens is 296 g/mol. The highest BCUT2D eigenvalue weighted by atomic mass is 35.5. The molecule has 0 saturated carbocycles. The number of carbonyl (C=O) groups is 2. The summed E-state index contributed by atoms with van der Waals surface area (Å²) in [7, 11) is 1.25. The molecule has 2 rings (SSSR count). The van der Waals surface area contributed by atoms with Crippen LogP contribution >= 0.6 is 11.6 Å². The predicted octanol–water partition coefficient (Wildman–Crippen LogP) is 2.29. The highest BCUT2D eigenvalue weighted by Crippen LogP contribution is 2.22. The zero-order chi connectivity index (χ0) is 15.4. The van der Waals surface area contributed by atoms with E-state index in [0.29, 0.717) is 10.7 Å². The lowest BCUT2D eigenvalue weighted by atomic mass is 10.1. The summed E-state index contributed by atoms with van der Waals surface area (Å²) in [6.45, 7) is 1.51. The second-order valence-corrected chi connectivity index (χ2v) is 4.74. The lowest BCUT2D eigenvalue weighted by Crippen LogP contribution is -2.38. The number of nitrogens with one attached hydrogen (secondary N) is 1. The quantitative estimate of drug-likeness (QED) is 0.876. The summed E-state index contributed by atoms with van der Waals surface area (Å²) in [5.74, 6) is -1.09. The molecule has 110 valence electrons. The van der Waals surface area contributed by atoms with Gasteiger partial charge in [0.25, 0.3) is 5.91 Å². The molecule has 1 atom stereocenters. The number of amides is 1. The Morgan fingerprint density at radius 2 is 2.14 bits per heavy atom. The van der Waals surface area contributed by atoms with Crippen molar-refractivity contribution in [2.75, 3.05) is 7.11 Å². The highest BCUT2D eigenvalue weighted by molar-refractivity contribution is 6.30. The molecule has 0 radical (unpaired) electrons. The van der Waals surface area contributed by atoms with E-state index in [1.165, 1.54) is 20.1 Å². The molecule has 6 nitrogen and oxygen atoms in total. The Hall–Kier alpha value is -2.34. The van der Waals surface area contributed by atoms with Crippen molar-refractivity contribution >= 4 is 23.5 Å². The van der Waals surface area contributed by atoms with Gasteiger partial charge in [-0.15, -0.1) is 0 Å². The van der Waals surface area contributed by atoms with Crippen LogP contribution in [0.25, 0.3) is 11.3 Å². The van der Waals surface area contributed by atoms with Crippen molar-refractivity contribution in [3.05, 3.63) is 41.1 Å². The molecule has 0 spiro atoms. The van der Waals surface area contributed by atoms with Crippen molar-refractivity contribution in [2.24, 2.45) is 0 Å². The van der Waals surface area contributed by atoms with E-state index < -0.39 is 17.9 Å². The number of esters is 1. The van der Waals surface area contributed by atoms with Crippen molar-refractivity contribution in [1.29, 1.82) is 0 Å². The van der Waals surface area contributed by atoms with Gasteiger partial charge in [-0.3, -0.25) is 4.79 Å². The lowest BCUT2D eigenvalue weighted by molar-refractivity contribution is -0.142. The summed E-state index contributed by atoms with van der Waals surface area (Å²) in [6.07, 6.45) is 0. The van der Waals surface area contributed by atoms with Crippen LogP contribution in [0.3, 0.4) is 0 Å². The van der Waals surface area contributed by atoms with Gasteiger partial charge in [0, 0.05) is 16.7 Å². The fraction of sp³-hybridized carbons (Fsp3) is 0.214. The monoisotopic (exact) mass is 308 g/mol. The number of nitrogens with zero attached hydrogens (tertiary/aromatic N) is 1. The molecule has 1 aromatic carbocycles. The summed E-state index contributed by atoms with van der Waals surface area (Å²) >= 11 is 5.89. The first-order valence-electron chi connectivity index (χ1n) is 6.12. The van der Waals surface area contributed by atoms with Crippen molar-refractivity contribution < 1.29 is 18.8 Å². The van der Waals surface area contributed by atoms with Crippen LogP contribution in [0.15, 0.2) is 34.9 Å². The van der Waals surface area contributed by atoms with Crippen molar-refractivity contribution in [3.8, 4) is 11.3 Å². The summed E-state index contributed by atoms with van der Waals surface area (Å²) in [5.41, 5.74) is 1.21. The van der Waals surface area contributed by atoms with Crippen molar-refractivity contribution in [3.63, 3.8) is 0 Å². The maximum absolute atomic E-state index is 11.9. The molecule has 0 aliphatic carbocycles. The van der Waals surface area contributed by atoms with Crippen molar-refractivity contribution in [1.82, 2.24) is 10.5 Å². The van der Waals surface area contributed by atoms with Gasteiger partial charge in [0.05, 0.1) is 7.11 Å². The van der Waals surface area contributed by atoms with E-state index in [1.807, 2.05) is 0 Å². The smallest absolute Gasteiger partial charge is 0.328 e. The fourth-order valence-corrected chi connectivity index (χ4v) is 1.86. The van der Waals surface area contributed by atoms with Crippen LogP contribution < -0.4 is 5.32 Å². The minimum atomic E-state index is -0.776. The average molecular weight is 309 g/mol. The van der Waals surface area contributed by atoms with E-state index in [4.69, 9.17) is 16.1 Å². The molecule has 21 heavy (non-hydrogen) atoms. The SMILES string of the molecule is COC(=O)[C@@H](C)NC(=O)c1cc(-c2cccc(Cl)c2)no1. The minimum Gasteiger partial charge on any atom is -0.467 e. The molecular formula is C14H13ClN2O4. The number of methoxy groups -OCH3 is 1. The Labute approximate surface area is 126 Å². The summed E-state index contributed by atoms with van der Waals surface area (Å²) in [4.78, 5) is 23.2. The highest BCUT2D eigenvalue weighted by Gasteiger charge is 2.20. The Bertz CT molecular complexity index is 668. The zero-order valence-corrected chi connectivity index (χ0v) is 12.2. The predicted molar refractivity (Wildman–Crippen MR) is 75.9 cm³/mol. The van der Waals surface area contributed by atoms with Crippen LogP contribution in [-0.2, 0) is 9.53 Å². The van der Waals surface area contributed by atoms with Crippen LogP contribution in [-0.4, -0.2) is 30.2 Å². The maximum Gasteiger partial charge on any atom is 0.328 e. The Morgan fingerprint density at radius 1 is 1.38 bits per heavy atom. The summed E-state index contributed by atoms with van der Waals surface area (Å²) < 4.78 is 9.50. The molecule has 0 aliphatic rings. The van der Waals surface area contributed by atoms with E-state index >= 15 is 0 Å². The van der Waals surface area contributed by atoms with E-state index in [9.17, 15) is 9.59 Å². The third-order valence-electron chi connectivity index (χ3n) is 2.76. The van der Waals surface area contributed by atoms with Gasteiger partial charge in [0.15, 0.2) is 0 Å². The second kappa shape index (κ2) is 6.41. The number of halogens is 1. The second-order valence-electron chi connectivity index (χ2n) is 4.31. The van der Waals surface area contributed by atoms with Gasteiger partial charge in [-0.25, -0.2) is 4.79 Å². The molecule has 0 unspecified atom stereocenters. The van der Waals surface area contributed by atoms with Gasteiger partial charge in [-0.05, 0) is 19.1 Å². The molecule has 0 saturated heterocycles. The van der Waals surface area contributed by atoms with E-state index in [-0.39, 0.29) is 5.76 Å². The lowest BCUT2D eigenvalue weighted by Gasteiger charge is -2.09. The minimum absolute atomic E-state index is 0.000675. The number of ether oxygens (including phenoxy) is 1. The van der Waals surface area contributed by atoms with Gasteiger partial charge in [0.1, 0.15) is 11.7 Å². The molecule has 0 fully saturated rings. The molecule has 1 aromatic heterocycles. The van der Waals surface area contributed by atoms with E-state index in [1.54, 1.807) is 24.3 Å². The van der Waals surface area contributed by atoms with Gasteiger partial charge in [-0.1, -0.05) is 28.9 Å². The maximum atomic E-state index is 11.9. The van der Waals surface area contributed by atoms with Crippen LogP contribution in [0.1, 0.15) is 17.5 Å². The topological polar surface area (TPSA) is 81.4 Å². The van der Waals surface area contributed by atoms with Crippen LogP contribution in [0.5, 0.6) is 0 Å². The number of carbonyl (C=O) groups excluding carboxylic acids is 2. The number of benzene rings is 1. The molecule has 1 heterocycles. The van der Waals surface area contributed by atoms with Crippen LogP contribution in [0.2, 0.25) is 5.02 Å². The first kappa shape index (κ1) is 15.1. The first-order valence-corrected chi connectivity index (χ1v) is 6.50. The molecule has 0 aliphatic heterocycles. The first-order chi connectivity index (χ1) is 10.0. The number of hydrogen-bond acceptors (Lipinski definition) is 5. The molecule has 0 bridgehead atoms. The molecule has 1 N–H and O–H groups in total. The molecule has 2 aromatic rings. The number of rotatable bonds is 4. The van der Waals surface area contributed by atoms with Crippen LogP contribution in [0, 0.1) is 0 Å².